The molecule has 1 fully saturated rings. The number of fused-ring (bicyclic) bond motifs is 1. The first-order valence-electron chi connectivity index (χ1n) is 8.36. The van der Waals surface area contributed by atoms with Gasteiger partial charge >= 0.3 is 6.18 Å². The number of piperidine rings is 1. The van der Waals surface area contributed by atoms with Crippen molar-refractivity contribution < 1.29 is 22.3 Å². The van der Waals surface area contributed by atoms with Gasteiger partial charge in [-0.2, -0.15) is 18.3 Å². The zero-order valence-electron chi connectivity index (χ0n) is 14.0. The molecule has 1 saturated heterocycles. The molecule has 0 saturated carbocycles. The SMILES string of the molecule is Fc1cc(Oc2ncnc3c2cnn3C2CCNCC2)cc(C(F)(F)F)c1. The number of nitrogens with one attached hydrogen (secondary N) is 1. The Morgan fingerprint density at radius 2 is 1.89 bits per heavy atom. The van der Waals surface area contributed by atoms with Crippen LogP contribution in [0.5, 0.6) is 11.6 Å². The average molecular weight is 381 g/mol. The summed E-state index contributed by atoms with van der Waals surface area (Å²) in [6.45, 7) is 1.73. The molecule has 2 aromatic heterocycles. The van der Waals surface area contributed by atoms with Crippen LogP contribution in [0.1, 0.15) is 24.4 Å². The molecule has 3 aromatic rings. The van der Waals surface area contributed by atoms with Gasteiger partial charge in [-0.25, -0.2) is 19.0 Å². The topological polar surface area (TPSA) is 64.9 Å². The number of ether oxygens (including phenoxy) is 1. The lowest BCUT2D eigenvalue weighted by Gasteiger charge is -2.23. The second-order valence-electron chi connectivity index (χ2n) is 6.26. The summed E-state index contributed by atoms with van der Waals surface area (Å²) in [6, 6.07) is 2.18. The van der Waals surface area contributed by atoms with Gasteiger partial charge in [-0.1, -0.05) is 0 Å². The Morgan fingerprint density at radius 3 is 2.63 bits per heavy atom. The molecule has 10 heteroatoms. The van der Waals surface area contributed by atoms with Gasteiger partial charge in [0.05, 0.1) is 17.8 Å². The highest BCUT2D eigenvalue weighted by Gasteiger charge is 2.32. The van der Waals surface area contributed by atoms with Crippen LogP contribution in [0, 0.1) is 5.82 Å². The quantitative estimate of drug-likeness (QED) is 0.701. The van der Waals surface area contributed by atoms with Gasteiger partial charge in [0.25, 0.3) is 0 Å². The molecular weight excluding hydrogens is 366 g/mol. The minimum Gasteiger partial charge on any atom is -0.438 e. The first kappa shape index (κ1) is 17.7. The summed E-state index contributed by atoms with van der Waals surface area (Å²) >= 11 is 0. The normalized spacial score (nSPS) is 16.0. The summed E-state index contributed by atoms with van der Waals surface area (Å²) in [7, 11) is 0. The molecule has 1 N–H and O–H groups in total. The number of rotatable bonds is 3. The van der Waals surface area contributed by atoms with Gasteiger partial charge in [-0.3, -0.25) is 0 Å². The van der Waals surface area contributed by atoms with E-state index in [1.807, 2.05) is 0 Å². The van der Waals surface area contributed by atoms with Gasteiger partial charge in [0.2, 0.25) is 5.88 Å². The second kappa shape index (κ2) is 6.76. The summed E-state index contributed by atoms with van der Waals surface area (Å²) in [5.41, 5.74) is -0.604. The Morgan fingerprint density at radius 1 is 1.11 bits per heavy atom. The Hall–Kier alpha value is -2.75. The Balaban J connectivity index is 1.69. The molecule has 1 aromatic carbocycles. The van der Waals surface area contributed by atoms with Gasteiger partial charge in [0, 0.05) is 6.07 Å². The fourth-order valence-electron chi connectivity index (χ4n) is 3.14. The van der Waals surface area contributed by atoms with Crippen LogP contribution in [0.3, 0.4) is 0 Å². The molecule has 142 valence electrons. The molecule has 0 unspecified atom stereocenters. The molecule has 0 amide bonds. The van der Waals surface area contributed by atoms with Crippen LogP contribution >= 0.6 is 0 Å². The van der Waals surface area contributed by atoms with Crippen molar-refractivity contribution in [3.05, 3.63) is 42.1 Å². The van der Waals surface area contributed by atoms with Crippen molar-refractivity contribution in [2.45, 2.75) is 25.1 Å². The van der Waals surface area contributed by atoms with E-state index in [1.165, 1.54) is 12.5 Å². The molecule has 0 radical (unpaired) electrons. The molecule has 0 bridgehead atoms. The zero-order valence-corrected chi connectivity index (χ0v) is 14.0. The van der Waals surface area contributed by atoms with Crippen LogP contribution < -0.4 is 10.1 Å². The van der Waals surface area contributed by atoms with E-state index in [4.69, 9.17) is 4.74 Å². The number of nitrogens with zero attached hydrogens (tertiary/aromatic N) is 4. The lowest BCUT2D eigenvalue weighted by atomic mass is 10.1. The van der Waals surface area contributed by atoms with E-state index < -0.39 is 17.6 Å². The molecule has 6 nitrogen and oxygen atoms in total. The van der Waals surface area contributed by atoms with Crippen molar-refractivity contribution in [3.63, 3.8) is 0 Å². The monoisotopic (exact) mass is 381 g/mol. The maximum Gasteiger partial charge on any atom is 0.416 e. The Bertz CT molecular complexity index is 966. The van der Waals surface area contributed by atoms with Crippen molar-refractivity contribution in [1.29, 1.82) is 0 Å². The Kier molecular flexibility index (Phi) is 4.42. The lowest BCUT2D eigenvalue weighted by Crippen LogP contribution is -2.29. The van der Waals surface area contributed by atoms with E-state index in [9.17, 15) is 17.6 Å². The Labute approximate surface area is 151 Å². The number of halogens is 4. The summed E-state index contributed by atoms with van der Waals surface area (Å²) < 4.78 is 59.5. The zero-order chi connectivity index (χ0) is 19.0. The van der Waals surface area contributed by atoms with Gasteiger partial charge < -0.3 is 10.1 Å². The molecule has 27 heavy (non-hydrogen) atoms. The van der Waals surface area contributed by atoms with Gasteiger partial charge in [0.1, 0.15) is 23.3 Å². The largest absolute Gasteiger partial charge is 0.438 e. The number of hydrogen-bond acceptors (Lipinski definition) is 5. The van der Waals surface area contributed by atoms with Crippen LogP contribution in [0.4, 0.5) is 17.6 Å². The maximum absolute atomic E-state index is 13.6. The van der Waals surface area contributed by atoms with Crippen molar-refractivity contribution in [3.8, 4) is 11.6 Å². The smallest absolute Gasteiger partial charge is 0.416 e. The summed E-state index contributed by atoms with van der Waals surface area (Å²) in [4.78, 5) is 8.21. The van der Waals surface area contributed by atoms with Gasteiger partial charge in [-0.05, 0) is 38.1 Å². The molecular formula is C17H15F4N5O. The molecule has 4 rings (SSSR count). The van der Waals surface area contributed by atoms with Crippen molar-refractivity contribution in [2.24, 2.45) is 0 Å². The minimum atomic E-state index is -4.68. The third-order valence-electron chi connectivity index (χ3n) is 4.42. The second-order valence-corrected chi connectivity index (χ2v) is 6.26. The van der Waals surface area contributed by atoms with E-state index in [2.05, 4.69) is 20.4 Å². The fraction of sp³-hybridized carbons (Fsp3) is 0.353. The lowest BCUT2D eigenvalue weighted by molar-refractivity contribution is -0.137. The van der Waals surface area contributed by atoms with Crippen molar-refractivity contribution in [2.75, 3.05) is 13.1 Å². The van der Waals surface area contributed by atoms with E-state index in [-0.39, 0.29) is 17.7 Å². The van der Waals surface area contributed by atoms with E-state index in [0.29, 0.717) is 17.1 Å². The third-order valence-corrected chi connectivity index (χ3v) is 4.42. The van der Waals surface area contributed by atoms with Gasteiger partial charge in [0.15, 0.2) is 5.65 Å². The summed E-state index contributed by atoms with van der Waals surface area (Å²) in [5, 5.41) is 8.07. The molecule has 3 heterocycles. The van der Waals surface area contributed by atoms with Crippen molar-refractivity contribution in [1.82, 2.24) is 25.1 Å². The average Bonchev–Trinajstić information content (AvgIpc) is 3.06. The van der Waals surface area contributed by atoms with E-state index >= 15 is 0 Å². The highest BCUT2D eigenvalue weighted by Crippen LogP contribution is 2.35. The van der Waals surface area contributed by atoms with Crippen LogP contribution in [0.15, 0.2) is 30.7 Å². The minimum absolute atomic E-state index is 0.0268. The molecule has 1 aliphatic rings. The first-order valence-corrected chi connectivity index (χ1v) is 8.36. The number of benzene rings is 1. The van der Waals surface area contributed by atoms with Crippen LogP contribution in [-0.2, 0) is 6.18 Å². The molecule has 0 spiro atoms. The predicted molar refractivity (Wildman–Crippen MR) is 87.9 cm³/mol. The summed E-state index contributed by atoms with van der Waals surface area (Å²) in [5.74, 6) is -1.31. The van der Waals surface area contributed by atoms with E-state index in [0.717, 1.165) is 38.1 Å². The number of aromatic nitrogens is 4. The molecule has 0 atom stereocenters. The number of hydrogen-bond donors (Lipinski definition) is 1. The van der Waals surface area contributed by atoms with Gasteiger partial charge in [-0.15, -0.1) is 0 Å². The number of alkyl halides is 3. The van der Waals surface area contributed by atoms with Crippen LogP contribution in [-0.4, -0.2) is 32.8 Å². The first-order chi connectivity index (χ1) is 12.9. The van der Waals surface area contributed by atoms with Crippen molar-refractivity contribution >= 4 is 11.0 Å². The predicted octanol–water partition coefficient (Wildman–Crippen LogP) is 3.70. The third kappa shape index (κ3) is 3.57. The maximum atomic E-state index is 13.6. The highest BCUT2D eigenvalue weighted by molar-refractivity contribution is 5.80. The molecule has 1 aliphatic heterocycles. The van der Waals surface area contributed by atoms with Crippen LogP contribution in [0.25, 0.3) is 11.0 Å². The van der Waals surface area contributed by atoms with Crippen LogP contribution in [0.2, 0.25) is 0 Å². The summed E-state index contributed by atoms with van der Waals surface area (Å²) in [6.07, 6.45) is -0.149. The standard InChI is InChI=1S/C17H15F4N5O/c18-11-5-10(17(19,20)21)6-13(7-11)27-16-14-8-25-26(15(14)23-9-24-16)12-1-3-22-4-2-12/h5-9,12,22H,1-4H2. The highest BCUT2D eigenvalue weighted by atomic mass is 19.4. The fourth-order valence-corrected chi connectivity index (χ4v) is 3.14. The van der Waals surface area contributed by atoms with E-state index in [1.54, 1.807) is 4.68 Å². The molecule has 0 aliphatic carbocycles.